The van der Waals surface area contributed by atoms with E-state index in [9.17, 15) is 4.79 Å². The third kappa shape index (κ3) is 3.53. The van der Waals surface area contributed by atoms with E-state index in [2.05, 4.69) is 4.98 Å². The summed E-state index contributed by atoms with van der Waals surface area (Å²) in [7, 11) is 3.51. The number of carbonyl (C=O) groups is 1. The van der Waals surface area contributed by atoms with E-state index >= 15 is 0 Å². The molecule has 0 saturated heterocycles. The highest BCUT2D eigenvalue weighted by Crippen LogP contribution is 2.26. The van der Waals surface area contributed by atoms with Crippen LogP contribution in [0, 0.1) is 0 Å². The third-order valence-electron chi connectivity index (χ3n) is 5.06. The van der Waals surface area contributed by atoms with Crippen molar-refractivity contribution in [1.29, 1.82) is 0 Å². The predicted molar refractivity (Wildman–Crippen MR) is 96.5 cm³/mol. The molecule has 1 aliphatic carbocycles. The van der Waals surface area contributed by atoms with Crippen LogP contribution in [-0.2, 0) is 0 Å². The lowest BCUT2D eigenvalue weighted by Crippen LogP contribution is -2.37. The summed E-state index contributed by atoms with van der Waals surface area (Å²) in [5.41, 5.74) is 0.468. The number of carbonyl (C=O) groups excluding carboxylic acids is 1. The van der Waals surface area contributed by atoms with Crippen molar-refractivity contribution >= 4 is 16.7 Å². The number of ether oxygens (including phenoxy) is 1. The van der Waals surface area contributed by atoms with E-state index in [4.69, 9.17) is 4.74 Å². The number of methoxy groups -OCH3 is 1. The van der Waals surface area contributed by atoms with Gasteiger partial charge in [-0.05, 0) is 30.4 Å². The van der Waals surface area contributed by atoms with Crippen LogP contribution in [0.1, 0.15) is 55.4 Å². The van der Waals surface area contributed by atoms with E-state index in [-0.39, 0.29) is 5.91 Å². The molecule has 0 radical (unpaired) electrons. The molecule has 1 aromatic heterocycles. The Kier molecular flexibility index (Phi) is 5.34. The van der Waals surface area contributed by atoms with Crippen molar-refractivity contribution in [3.05, 3.63) is 36.0 Å². The van der Waals surface area contributed by atoms with E-state index < -0.39 is 0 Å². The fraction of sp³-hybridized carbons (Fsp3) is 0.500. The van der Waals surface area contributed by atoms with Crippen LogP contribution >= 0.6 is 0 Å². The molecule has 1 aliphatic rings. The molecule has 128 valence electrons. The first-order valence-corrected chi connectivity index (χ1v) is 8.91. The summed E-state index contributed by atoms with van der Waals surface area (Å²) in [6.07, 6.45) is 8.47. The Morgan fingerprint density at radius 2 is 1.79 bits per heavy atom. The Hall–Kier alpha value is -2.10. The van der Waals surface area contributed by atoms with Crippen LogP contribution in [0.5, 0.6) is 5.88 Å². The van der Waals surface area contributed by atoms with Gasteiger partial charge in [-0.3, -0.25) is 4.79 Å². The zero-order valence-electron chi connectivity index (χ0n) is 14.6. The van der Waals surface area contributed by atoms with Crippen LogP contribution in [0.3, 0.4) is 0 Å². The summed E-state index contributed by atoms with van der Waals surface area (Å²) in [4.78, 5) is 19.3. The lowest BCUT2D eigenvalue weighted by Gasteiger charge is -2.29. The van der Waals surface area contributed by atoms with Crippen LogP contribution in [0.25, 0.3) is 10.8 Å². The number of nitrogens with zero attached hydrogens (tertiary/aromatic N) is 2. The number of hydrogen-bond donors (Lipinski definition) is 0. The van der Waals surface area contributed by atoms with Gasteiger partial charge in [0.05, 0.1) is 7.11 Å². The van der Waals surface area contributed by atoms with Crippen molar-refractivity contribution in [3.63, 3.8) is 0 Å². The van der Waals surface area contributed by atoms with Gasteiger partial charge < -0.3 is 9.64 Å². The smallest absolute Gasteiger partial charge is 0.272 e. The number of aromatic nitrogens is 1. The maximum atomic E-state index is 13.0. The van der Waals surface area contributed by atoms with Gasteiger partial charge in [0, 0.05) is 18.5 Å². The summed E-state index contributed by atoms with van der Waals surface area (Å²) in [5, 5.41) is 1.92. The second-order valence-electron chi connectivity index (χ2n) is 6.65. The predicted octanol–water partition coefficient (Wildman–Crippen LogP) is 4.43. The van der Waals surface area contributed by atoms with Crippen LogP contribution in [0.4, 0.5) is 0 Å². The van der Waals surface area contributed by atoms with Gasteiger partial charge in [-0.15, -0.1) is 0 Å². The highest BCUT2D eigenvalue weighted by molar-refractivity contribution is 5.98. The molecule has 0 atom stereocenters. The van der Waals surface area contributed by atoms with Gasteiger partial charge in [0.15, 0.2) is 0 Å². The standard InChI is InChI=1S/C20H26N2O2/c1-22(16-11-6-4-3-5-7-12-16)20(23)18-14-15-10-8-9-13-17(15)19(21-18)24-2/h8-10,13-14,16H,3-7,11-12H2,1-2H3. The van der Waals surface area contributed by atoms with E-state index in [1.165, 1.54) is 32.1 Å². The highest BCUT2D eigenvalue weighted by atomic mass is 16.5. The van der Waals surface area contributed by atoms with Gasteiger partial charge in [0.1, 0.15) is 5.69 Å². The molecule has 4 nitrogen and oxygen atoms in total. The van der Waals surface area contributed by atoms with Crippen molar-refractivity contribution in [2.45, 2.75) is 51.0 Å². The maximum absolute atomic E-state index is 13.0. The quantitative estimate of drug-likeness (QED) is 0.838. The van der Waals surface area contributed by atoms with Gasteiger partial charge in [-0.1, -0.05) is 50.3 Å². The Labute approximate surface area is 143 Å². The first kappa shape index (κ1) is 16.7. The van der Waals surface area contributed by atoms with E-state index in [0.29, 0.717) is 17.6 Å². The highest BCUT2D eigenvalue weighted by Gasteiger charge is 2.23. The molecule has 1 amide bonds. The SMILES string of the molecule is COc1nc(C(=O)N(C)C2CCCCCCC2)cc2ccccc12. The van der Waals surface area contributed by atoms with Crippen LogP contribution in [-0.4, -0.2) is 36.0 Å². The summed E-state index contributed by atoms with van der Waals surface area (Å²) in [6, 6.07) is 10.1. The molecule has 0 spiro atoms. The Balaban J connectivity index is 1.86. The summed E-state index contributed by atoms with van der Waals surface area (Å²) in [6.45, 7) is 0. The van der Waals surface area contributed by atoms with Gasteiger partial charge in [0.25, 0.3) is 5.91 Å². The normalized spacial score (nSPS) is 16.4. The fourth-order valence-electron chi connectivity index (χ4n) is 3.60. The zero-order valence-corrected chi connectivity index (χ0v) is 14.6. The Morgan fingerprint density at radius 3 is 2.50 bits per heavy atom. The molecule has 4 heteroatoms. The van der Waals surface area contributed by atoms with Crippen molar-refractivity contribution < 1.29 is 9.53 Å². The van der Waals surface area contributed by atoms with Gasteiger partial charge in [-0.2, -0.15) is 0 Å². The molecular formula is C20H26N2O2. The minimum Gasteiger partial charge on any atom is -0.481 e. The van der Waals surface area contributed by atoms with Gasteiger partial charge in [-0.25, -0.2) is 4.98 Å². The monoisotopic (exact) mass is 326 g/mol. The average molecular weight is 326 g/mol. The zero-order chi connectivity index (χ0) is 16.9. The molecule has 24 heavy (non-hydrogen) atoms. The molecule has 1 aromatic carbocycles. The van der Waals surface area contributed by atoms with Crippen molar-refractivity contribution in [2.75, 3.05) is 14.2 Å². The second kappa shape index (κ2) is 7.65. The number of pyridine rings is 1. The minimum atomic E-state index is -0.00961. The molecule has 0 N–H and O–H groups in total. The molecule has 1 fully saturated rings. The number of amides is 1. The van der Waals surface area contributed by atoms with Crippen LogP contribution in [0.15, 0.2) is 30.3 Å². The molecule has 1 heterocycles. The first-order valence-electron chi connectivity index (χ1n) is 8.91. The van der Waals surface area contributed by atoms with Crippen molar-refractivity contribution in [2.24, 2.45) is 0 Å². The lowest BCUT2D eigenvalue weighted by atomic mass is 9.95. The van der Waals surface area contributed by atoms with Gasteiger partial charge >= 0.3 is 0 Å². The number of fused-ring (bicyclic) bond motifs is 1. The van der Waals surface area contributed by atoms with Crippen LogP contribution in [0.2, 0.25) is 0 Å². The number of benzene rings is 1. The fourth-order valence-corrected chi connectivity index (χ4v) is 3.60. The van der Waals surface area contributed by atoms with Crippen molar-refractivity contribution in [3.8, 4) is 5.88 Å². The van der Waals surface area contributed by atoms with E-state index in [1.807, 2.05) is 42.3 Å². The largest absolute Gasteiger partial charge is 0.481 e. The Bertz CT molecular complexity index is 706. The molecule has 0 aliphatic heterocycles. The van der Waals surface area contributed by atoms with Gasteiger partial charge in [0.2, 0.25) is 5.88 Å². The molecular weight excluding hydrogens is 300 g/mol. The molecule has 0 bridgehead atoms. The lowest BCUT2D eigenvalue weighted by molar-refractivity contribution is 0.0700. The molecule has 1 saturated carbocycles. The van der Waals surface area contributed by atoms with E-state index in [1.54, 1.807) is 7.11 Å². The summed E-state index contributed by atoms with van der Waals surface area (Å²) < 4.78 is 5.40. The van der Waals surface area contributed by atoms with Crippen molar-refractivity contribution in [1.82, 2.24) is 9.88 Å². The average Bonchev–Trinajstić information content (AvgIpc) is 2.59. The number of rotatable bonds is 3. The summed E-state index contributed by atoms with van der Waals surface area (Å²) >= 11 is 0. The molecule has 2 aromatic rings. The Morgan fingerprint density at radius 1 is 1.12 bits per heavy atom. The second-order valence-corrected chi connectivity index (χ2v) is 6.65. The molecule has 3 rings (SSSR count). The van der Waals surface area contributed by atoms with Crippen LogP contribution < -0.4 is 4.74 Å². The maximum Gasteiger partial charge on any atom is 0.272 e. The first-order chi connectivity index (χ1) is 11.7. The molecule has 0 unspecified atom stereocenters. The van der Waals surface area contributed by atoms with E-state index in [0.717, 1.165) is 23.6 Å². The summed E-state index contributed by atoms with van der Waals surface area (Å²) in [5.74, 6) is 0.507. The topological polar surface area (TPSA) is 42.4 Å². The third-order valence-corrected chi connectivity index (χ3v) is 5.06. The minimum absolute atomic E-state index is 0.00961. The number of hydrogen-bond acceptors (Lipinski definition) is 3.